The lowest BCUT2D eigenvalue weighted by Crippen LogP contribution is -2.35. The van der Waals surface area contributed by atoms with Crippen LogP contribution in [0.1, 0.15) is 40.2 Å². The number of hydrogen-bond acceptors (Lipinski definition) is 1. The van der Waals surface area contributed by atoms with Crippen LogP contribution in [0.15, 0.2) is 71.8 Å². The maximum Gasteiger partial charge on any atom is 0.188 e. The topological polar surface area (TPSA) is 9.23 Å². The highest BCUT2D eigenvalue weighted by molar-refractivity contribution is 9.10. The number of para-hydroxylation sites is 1. The van der Waals surface area contributed by atoms with Crippen LogP contribution >= 0.6 is 15.9 Å². The Morgan fingerprint density at radius 2 is 1.36 bits per heavy atom. The molecule has 2 aromatic rings. The highest BCUT2D eigenvalue weighted by atomic mass is 79.9. The van der Waals surface area contributed by atoms with Crippen molar-refractivity contribution in [1.29, 1.82) is 0 Å². The second-order valence-corrected chi connectivity index (χ2v) is 8.48. The second kappa shape index (κ2) is 8.71. The molecule has 0 amide bonds. The van der Waals surface area contributed by atoms with Crippen LogP contribution in [-0.2, 0) is 6.42 Å². The van der Waals surface area contributed by atoms with E-state index in [9.17, 15) is 0 Å². The molecule has 0 aromatic heterocycles. The zero-order valence-electron chi connectivity index (χ0n) is 15.9. The van der Waals surface area contributed by atoms with Gasteiger partial charge in [0.1, 0.15) is 5.75 Å². The van der Waals surface area contributed by atoms with Crippen LogP contribution in [0, 0.1) is 11.8 Å². The number of ether oxygens (including phenoxy) is 1. The molecule has 1 nitrogen and oxygen atoms in total. The predicted molar refractivity (Wildman–Crippen MR) is 111 cm³/mol. The van der Waals surface area contributed by atoms with Crippen molar-refractivity contribution >= 4 is 15.9 Å². The molecule has 25 heavy (non-hydrogen) atoms. The minimum atomic E-state index is -0.556. The molecule has 0 heterocycles. The van der Waals surface area contributed by atoms with E-state index in [1.807, 2.05) is 36.4 Å². The number of rotatable bonds is 7. The van der Waals surface area contributed by atoms with Crippen molar-refractivity contribution in [3.05, 3.63) is 77.4 Å². The van der Waals surface area contributed by atoms with Gasteiger partial charge < -0.3 is 4.74 Å². The highest BCUT2D eigenvalue weighted by Crippen LogP contribution is 2.39. The quantitative estimate of drug-likeness (QED) is 0.358. The SMILES string of the molecule is CC(=C(C(C)C)C(C)C)C(Br)(Cc1ccccc1)Oc1ccccc1. The lowest BCUT2D eigenvalue weighted by Gasteiger charge is -2.34. The number of allylic oxidation sites excluding steroid dienone is 1. The van der Waals surface area contributed by atoms with E-state index in [0.717, 1.165) is 12.2 Å². The third kappa shape index (κ3) is 5.22. The Morgan fingerprint density at radius 1 is 0.880 bits per heavy atom. The summed E-state index contributed by atoms with van der Waals surface area (Å²) in [5.74, 6) is 1.83. The number of hydrogen-bond donors (Lipinski definition) is 0. The molecule has 134 valence electrons. The predicted octanol–water partition coefficient (Wildman–Crippen LogP) is 7.03. The van der Waals surface area contributed by atoms with Gasteiger partial charge in [0.15, 0.2) is 4.51 Å². The van der Waals surface area contributed by atoms with E-state index in [0.29, 0.717) is 11.8 Å². The fraction of sp³-hybridized carbons (Fsp3) is 0.391. The van der Waals surface area contributed by atoms with E-state index in [1.54, 1.807) is 0 Å². The van der Waals surface area contributed by atoms with Crippen molar-refractivity contribution in [1.82, 2.24) is 0 Å². The average Bonchev–Trinajstić information content (AvgIpc) is 2.56. The summed E-state index contributed by atoms with van der Waals surface area (Å²) in [4.78, 5) is 0. The molecule has 2 rings (SSSR count). The van der Waals surface area contributed by atoms with Crippen LogP contribution in [0.4, 0.5) is 0 Å². The summed E-state index contributed by atoms with van der Waals surface area (Å²) in [5, 5.41) is 0. The average molecular weight is 401 g/mol. The summed E-state index contributed by atoms with van der Waals surface area (Å²) in [6.45, 7) is 11.2. The lowest BCUT2D eigenvalue weighted by atomic mass is 9.85. The van der Waals surface area contributed by atoms with Crippen molar-refractivity contribution in [3.63, 3.8) is 0 Å². The molecule has 0 N–H and O–H groups in total. The molecule has 2 aromatic carbocycles. The van der Waals surface area contributed by atoms with Crippen molar-refractivity contribution in [3.8, 4) is 5.75 Å². The van der Waals surface area contributed by atoms with Crippen molar-refractivity contribution in [2.45, 2.75) is 45.5 Å². The molecule has 0 bridgehead atoms. The van der Waals surface area contributed by atoms with Gasteiger partial charge in [-0.1, -0.05) is 81.8 Å². The first-order chi connectivity index (χ1) is 11.8. The Balaban J connectivity index is 2.49. The summed E-state index contributed by atoms with van der Waals surface area (Å²) in [7, 11) is 0. The summed E-state index contributed by atoms with van der Waals surface area (Å²) in [6.07, 6.45) is 0.775. The second-order valence-electron chi connectivity index (χ2n) is 7.20. The summed E-state index contributed by atoms with van der Waals surface area (Å²) < 4.78 is 5.95. The van der Waals surface area contributed by atoms with E-state index in [-0.39, 0.29) is 0 Å². The number of halogens is 1. The van der Waals surface area contributed by atoms with E-state index < -0.39 is 4.51 Å². The number of alkyl halides is 1. The first-order valence-corrected chi connectivity index (χ1v) is 9.81. The van der Waals surface area contributed by atoms with Gasteiger partial charge in [-0.25, -0.2) is 0 Å². The van der Waals surface area contributed by atoms with Gasteiger partial charge in [-0.3, -0.25) is 0 Å². The van der Waals surface area contributed by atoms with Gasteiger partial charge in [-0.15, -0.1) is 0 Å². The van der Waals surface area contributed by atoms with Crippen LogP contribution in [0.25, 0.3) is 0 Å². The third-order valence-electron chi connectivity index (χ3n) is 4.53. The number of benzene rings is 2. The molecule has 0 fully saturated rings. The normalized spacial score (nSPS) is 13.6. The van der Waals surface area contributed by atoms with Crippen molar-refractivity contribution in [2.75, 3.05) is 0 Å². The van der Waals surface area contributed by atoms with E-state index in [2.05, 4.69) is 74.8 Å². The van der Waals surface area contributed by atoms with Crippen LogP contribution in [0.2, 0.25) is 0 Å². The Bertz CT molecular complexity index is 635. The minimum Gasteiger partial charge on any atom is -0.472 e. The van der Waals surface area contributed by atoms with Crippen molar-refractivity contribution < 1.29 is 4.74 Å². The van der Waals surface area contributed by atoms with Gasteiger partial charge in [0.25, 0.3) is 0 Å². The van der Waals surface area contributed by atoms with E-state index >= 15 is 0 Å². The van der Waals surface area contributed by atoms with Gasteiger partial charge in [-0.05, 0) is 58.0 Å². The molecule has 0 saturated heterocycles. The van der Waals surface area contributed by atoms with Gasteiger partial charge in [-0.2, -0.15) is 0 Å². The Morgan fingerprint density at radius 3 is 1.84 bits per heavy atom. The molecular weight excluding hydrogens is 372 g/mol. The molecule has 2 heteroatoms. The maximum absolute atomic E-state index is 6.51. The molecule has 0 saturated carbocycles. The van der Waals surface area contributed by atoms with Crippen LogP contribution in [-0.4, -0.2) is 4.51 Å². The Hall–Kier alpha value is -1.54. The monoisotopic (exact) mass is 400 g/mol. The minimum absolute atomic E-state index is 0.479. The van der Waals surface area contributed by atoms with Crippen molar-refractivity contribution in [2.24, 2.45) is 11.8 Å². The van der Waals surface area contributed by atoms with E-state index in [4.69, 9.17) is 4.74 Å². The van der Waals surface area contributed by atoms with Crippen LogP contribution in [0.3, 0.4) is 0 Å². The molecule has 0 radical (unpaired) electrons. The van der Waals surface area contributed by atoms with Crippen LogP contribution < -0.4 is 4.74 Å². The summed E-state index contributed by atoms with van der Waals surface area (Å²) in [6, 6.07) is 20.6. The standard InChI is InChI=1S/C23H29BrO/c1-17(2)22(18(3)4)19(5)23(24,16-20-12-8-6-9-13-20)25-21-14-10-7-11-15-21/h6-15,17-18H,16H2,1-5H3. The Labute approximate surface area is 161 Å². The smallest absolute Gasteiger partial charge is 0.188 e. The first-order valence-electron chi connectivity index (χ1n) is 9.01. The highest BCUT2D eigenvalue weighted by Gasteiger charge is 2.34. The third-order valence-corrected chi connectivity index (χ3v) is 5.57. The molecule has 1 unspecified atom stereocenters. The summed E-state index contributed by atoms with van der Waals surface area (Å²) >= 11 is 3.98. The molecule has 0 aliphatic carbocycles. The van der Waals surface area contributed by atoms with Gasteiger partial charge in [0.05, 0.1) is 0 Å². The maximum atomic E-state index is 6.51. The summed E-state index contributed by atoms with van der Waals surface area (Å²) in [5.41, 5.74) is 3.97. The fourth-order valence-electron chi connectivity index (χ4n) is 3.53. The first kappa shape index (κ1) is 19.8. The lowest BCUT2D eigenvalue weighted by molar-refractivity contribution is 0.206. The molecule has 0 spiro atoms. The molecule has 0 aliphatic heterocycles. The largest absolute Gasteiger partial charge is 0.472 e. The zero-order valence-corrected chi connectivity index (χ0v) is 17.5. The van der Waals surface area contributed by atoms with E-state index in [1.165, 1.54) is 16.7 Å². The Kier molecular flexibility index (Phi) is 6.89. The van der Waals surface area contributed by atoms with Gasteiger partial charge in [0, 0.05) is 6.42 Å². The zero-order chi connectivity index (χ0) is 18.4. The fourth-order valence-corrected chi connectivity index (χ4v) is 4.27. The molecule has 0 aliphatic rings. The molecular formula is C23H29BrO. The van der Waals surface area contributed by atoms with Gasteiger partial charge in [0.2, 0.25) is 0 Å². The molecule has 1 atom stereocenters. The van der Waals surface area contributed by atoms with Crippen LogP contribution in [0.5, 0.6) is 5.75 Å². The van der Waals surface area contributed by atoms with Gasteiger partial charge >= 0.3 is 0 Å².